The molecule has 4 aliphatic heterocycles. The number of ether oxygens (including phenoxy) is 8. The minimum atomic E-state index is -2.39. The minimum absolute atomic E-state index is 0.155. The van der Waals surface area contributed by atoms with E-state index in [1.54, 1.807) is 41.5 Å². The fourth-order valence-electron chi connectivity index (χ4n) is 10.3. The third kappa shape index (κ3) is 15.5. The van der Waals surface area contributed by atoms with Crippen LogP contribution in [0.15, 0.2) is 0 Å². The Kier molecular flexibility index (Phi) is 25.1. The van der Waals surface area contributed by atoms with Gasteiger partial charge >= 0.3 is 11.9 Å². The number of likely N-dealkylation sites (N-methyl/N-ethyl adjacent to an activating group) is 1. The van der Waals surface area contributed by atoms with Crippen LogP contribution in [0.5, 0.6) is 0 Å². The van der Waals surface area contributed by atoms with E-state index in [0.717, 1.165) is 5.92 Å². The highest BCUT2D eigenvalue weighted by Gasteiger charge is 2.52. The molecular weight excluding hydrogens is 987 g/mol. The van der Waals surface area contributed by atoms with E-state index in [2.05, 4.69) is 0 Å². The summed E-state index contributed by atoms with van der Waals surface area (Å²) in [5, 5.41) is 130. The van der Waals surface area contributed by atoms with E-state index in [9.17, 15) is 65.4 Å². The summed E-state index contributed by atoms with van der Waals surface area (Å²) in [7, 11) is 5.29. The lowest BCUT2D eigenvalue weighted by Crippen LogP contribution is -2.61. The van der Waals surface area contributed by atoms with Gasteiger partial charge in [0.15, 0.2) is 25.0 Å². The second kappa shape index (κ2) is 28.1. The van der Waals surface area contributed by atoms with Crippen LogP contribution < -0.4 is 0 Å². The highest BCUT2D eigenvalue weighted by atomic mass is 16.7. The molecule has 74 heavy (non-hydrogen) atoms. The van der Waals surface area contributed by atoms with Crippen LogP contribution in [0.4, 0.5) is 0 Å². The van der Waals surface area contributed by atoms with Gasteiger partial charge in [-0.2, -0.15) is 0 Å². The van der Waals surface area contributed by atoms with E-state index in [1.165, 1.54) is 14.0 Å². The molecule has 0 amide bonds. The summed E-state index contributed by atoms with van der Waals surface area (Å²) in [4.78, 5) is 40.5. The molecule has 0 bridgehead atoms. The molecule has 4 rings (SSSR count). The van der Waals surface area contributed by atoms with Crippen molar-refractivity contribution in [2.45, 2.75) is 229 Å². The number of ketones is 1. The van der Waals surface area contributed by atoms with Crippen molar-refractivity contribution in [1.82, 2.24) is 4.90 Å². The third-order valence-corrected chi connectivity index (χ3v) is 15.2. The highest BCUT2D eigenvalue weighted by Crippen LogP contribution is 2.40. The summed E-state index contributed by atoms with van der Waals surface area (Å²) in [5.41, 5.74) is -2.93. The fraction of sp³-hybridized carbons (Fsp3) is 0.918. The summed E-state index contributed by atoms with van der Waals surface area (Å²) in [5.74, 6) is -5.13. The summed E-state index contributed by atoms with van der Waals surface area (Å²) < 4.78 is 47.3. The van der Waals surface area contributed by atoms with E-state index in [0.29, 0.717) is 6.42 Å². The average molecular weight is 1080 g/mol. The lowest BCUT2D eigenvalue weighted by molar-refractivity contribution is -0.326. The van der Waals surface area contributed by atoms with Gasteiger partial charge in [-0.15, -0.1) is 0 Å². The van der Waals surface area contributed by atoms with Gasteiger partial charge in [0.2, 0.25) is 0 Å². The van der Waals surface area contributed by atoms with Crippen LogP contribution in [0, 0.1) is 29.6 Å². The molecule has 0 aromatic rings. The number of Topliss-reactive ketones (excluding diaryl/α,β-unsaturated/α-hetero) is 1. The molecule has 0 aliphatic carbocycles. The van der Waals surface area contributed by atoms with E-state index in [1.807, 2.05) is 39.8 Å². The number of esters is 1. The van der Waals surface area contributed by atoms with Crippen LogP contribution in [-0.2, 0) is 52.3 Å². The van der Waals surface area contributed by atoms with Gasteiger partial charge in [0.25, 0.3) is 0 Å². The molecule has 4 aliphatic rings. The number of carbonyl (C=O) groups excluding carboxylic acids is 2. The van der Waals surface area contributed by atoms with Crippen molar-refractivity contribution >= 4 is 17.7 Å². The molecule has 4 saturated heterocycles. The van der Waals surface area contributed by atoms with Gasteiger partial charge in [-0.1, -0.05) is 34.6 Å². The highest BCUT2D eigenvalue weighted by molar-refractivity contribution is 5.83. The summed E-state index contributed by atoms with van der Waals surface area (Å²) in [6.07, 6.45) is -24.8. The van der Waals surface area contributed by atoms with E-state index in [-0.39, 0.29) is 37.2 Å². The van der Waals surface area contributed by atoms with Crippen molar-refractivity contribution in [3.8, 4) is 0 Å². The Balaban J connectivity index is 0.000000503. The van der Waals surface area contributed by atoms with Gasteiger partial charge < -0.3 is 109 Å². The van der Waals surface area contributed by atoms with Crippen molar-refractivity contribution in [3.05, 3.63) is 5.92 Å². The van der Waals surface area contributed by atoms with Crippen molar-refractivity contribution in [2.75, 3.05) is 34.4 Å². The largest absolute Gasteiger partial charge is 0.479 e. The number of carbonyl (C=O) groups is 3. The number of carboxylic acids is 1. The number of hydrogen-bond acceptors (Lipinski definition) is 24. The van der Waals surface area contributed by atoms with Gasteiger partial charge in [0.1, 0.15) is 72.4 Å². The van der Waals surface area contributed by atoms with Gasteiger partial charge in [-0.05, 0) is 68.0 Å². The monoisotopic (exact) mass is 1070 g/mol. The zero-order valence-corrected chi connectivity index (χ0v) is 44.9. The third-order valence-electron chi connectivity index (χ3n) is 15.2. The lowest BCUT2D eigenvalue weighted by atomic mass is 9.75. The predicted octanol–water partition coefficient (Wildman–Crippen LogP) is -3.04. The van der Waals surface area contributed by atoms with Crippen LogP contribution >= 0.6 is 0 Å². The quantitative estimate of drug-likeness (QED) is 0.0725. The molecule has 433 valence electrons. The van der Waals surface area contributed by atoms with E-state index < -0.39 is 170 Å². The maximum absolute atomic E-state index is 14.0. The number of carboxylic acid groups (broad SMARTS) is 1. The number of hydrogen-bond donors (Lipinski definition) is 13. The first-order valence-electron chi connectivity index (χ1n) is 25.3. The smallest absolute Gasteiger partial charge is 0.335 e. The van der Waals surface area contributed by atoms with Crippen LogP contribution in [0.1, 0.15) is 94.9 Å². The van der Waals surface area contributed by atoms with Crippen molar-refractivity contribution in [2.24, 2.45) is 23.7 Å². The molecule has 25 nitrogen and oxygen atoms in total. The van der Waals surface area contributed by atoms with Gasteiger partial charge in [0, 0.05) is 43.2 Å². The molecular formula is C49H88NO24. The Morgan fingerprint density at radius 1 is 0.838 bits per heavy atom. The number of aliphatic hydroxyl groups excluding tert-OH is 11. The van der Waals surface area contributed by atoms with Crippen molar-refractivity contribution in [1.29, 1.82) is 0 Å². The zero-order chi connectivity index (χ0) is 56.6. The van der Waals surface area contributed by atoms with E-state index in [4.69, 9.17) is 53.2 Å². The molecule has 13 N–H and O–H groups in total. The summed E-state index contributed by atoms with van der Waals surface area (Å²) in [6, 6.07) is -0.240. The Labute approximate surface area is 433 Å². The summed E-state index contributed by atoms with van der Waals surface area (Å²) >= 11 is 0. The topological polar surface area (TPSA) is 391 Å². The average Bonchev–Trinajstić information content (AvgIpc) is 3.35. The van der Waals surface area contributed by atoms with Crippen LogP contribution in [0.3, 0.4) is 0 Å². The number of aliphatic hydroxyl groups is 12. The normalized spacial score (nSPS) is 44.0. The van der Waals surface area contributed by atoms with Crippen molar-refractivity contribution in [3.63, 3.8) is 0 Å². The molecule has 0 spiro atoms. The number of cyclic esters (lactones) is 1. The Morgan fingerprint density at radius 2 is 1.45 bits per heavy atom. The second-order valence-corrected chi connectivity index (χ2v) is 21.3. The first-order valence-corrected chi connectivity index (χ1v) is 25.3. The number of methoxy groups -OCH3 is 1. The Morgan fingerprint density at radius 3 is 1.97 bits per heavy atom. The molecule has 26 atom stereocenters. The lowest BCUT2D eigenvalue weighted by Gasteiger charge is -2.47. The molecule has 0 saturated carbocycles. The predicted molar refractivity (Wildman–Crippen MR) is 256 cm³/mol. The molecule has 4 fully saturated rings. The SMILES string of the molecule is CC[C@H]1OC(=O)[C@H](C)[C@@H](O[C@@H]2C[C@@](C)(OC)[C@@H](O)[C@H](C)O2)[C@H](C)[C@@H](O[C@@H]2O[C@H](C)C[C@H](N(C)C)[C@H]2O)[C](C)C[C@@H](C)C(=O)[C@H](C)[C@@H](O)[C@@]1(C)O.O=C(O)[C@H](O)[C@H](O)[C@H](O[C@@H]1O[C@H](CO)[C@@H](O)[C@H](O)[C@H]1O)[C@H](O)CO. The van der Waals surface area contributed by atoms with E-state index >= 15 is 0 Å². The molecule has 4 heterocycles. The van der Waals surface area contributed by atoms with Gasteiger partial charge in [-0.3, -0.25) is 9.59 Å². The van der Waals surface area contributed by atoms with Gasteiger partial charge in [-0.25, -0.2) is 4.79 Å². The number of nitrogens with zero attached hydrogens (tertiary/aromatic N) is 1. The number of rotatable bonds is 15. The van der Waals surface area contributed by atoms with Crippen LogP contribution in [-0.4, -0.2) is 257 Å². The first kappa shape index (κ1) is 66.1. The minimum Gasteiger partial charge on any atom is -0.479 e. The molecule has 25 heteroatoms. The maximum atomic E-state index is 14.0. The summed E-state index contributed by atoms with van der Waals surface area (Å²) in [6.45, 7) is 15.5. The Hall–Kier alpha value is -2.19. The molecule has 0 aromatic carbocycles. The maximum Gasteiger partial charge on any atom is 0.335 e. The first-order chi connectivity index (χ1) is 34.3. The van der Waals surface area contributed by atoms with Crippen LogP contribution in [0.2, 0.25) is 0 Å². The molecule has 0 unspecified atom stereocenters. The zero-order valence-electron chi connectivity index (χ0n) is 44.9. The number of aliphatic carboxylic acids is 1. The van der Waals surface area contributed by atoms with Gasteiger partial charge in [0.05, 0.1) is 55.3 Å². The van der Waals surface area contributed by atoms with Crippen molar-refractivity contribution < 1.29 is 119 Å². The fourth-order valence-corrected chi connectivity index (χ4v) is 10.3. The van der Waals surface area contributed by atoms with Crippen LogP contribution in [0.25, 0.3) is 0 Å². The second-order valence-electron chi connectivity index (χ2n) is 21.3. The standard InChI is InChI=1S/C37H66NO12.C12H22O12/c1-14-26-37(10,44)32(41)21(5)28(39)18(2)15-19(3)30(50-35-29(40)25(38(11)12)16-20(4)46-35)22(6)31(23(7)34(43)48-26)49-27-17-36(9,45-13)33(42)24(8)47-27;13-1-3(15)10(7(18)8(19)11(21)22)24-12-9(20)6(17)5(16)4(2-14)23-12/h18,20-27,29-33,35,40-42,44H,14-17H2,1-13H3;3-10,12-20H,1-2H2,(H,21,22)/t18-,20-,21+,22-,23-,24+,25+,26-,27-,29-,30+,31+,32-,33+,35+,36-,37+;3-,4-,5-,6+,7+,8-,9-,10-,12+/m11/s1. The Bertz CT molecular complexity index is 1750. The molecule has 0 aromatic heterocycles. The molecule has 1 radical (unpaired) electrons.